The molecule has 1 atom stereocenters. The Morgan fingerprint density at radius 2 is 1.83 bits per heavy atom. The third kappa shape index (κ3) is 4.44. The van der Waals surface area contributed by atoms with Gasteiger partial charge in [0.2, 0.25) is 0 Å². The van der Waals surface area contributed by atoms with Gasteiger partial charge in [-0.2, -0.15) is 0 Å². The Bertz CT molecular complexity index is 632. The smallest absolute Gasteiger partial charge is 0.0726 e. The highest BCUT2D eigenvalue weighted by atomic mass is 15.1. The molecule has 0 amide bonds. The van der Waals surface area contributed by atoms with Crippen LogP contribution >= 0.6 is 0 Å². The topological polar surface area (TPSA) is 28.2 Å². The van der Waals surface area contributed by atoms with E-state index in [1.165, 1.54) is 36.0 Å². The highest BCUT2D eigenvalue weighted by Crippen LogP contribution is 2.28. The van der Waals surface area contributed by atoms with Gasteiger partial charge in [-0.25, -0.2) is 0 Å². The van der Waals surface area contributed by atoms with Crippen LogP contribution in [0.3, 0.4) is 0 Å². The molecule has 0 aliphatic heterocycles. The predicted octanol–water partition coefficient (Wildman–Crippen LogP) is 4.77. The van der Waals surface area contributed by atoms with E-state index in [2.05, 4.69) is 69.1 Å². The normalized spacial score (nSPS) is 12.8. The Kier molecular flexibility index (Phi) is 6.40. The summed E-state index contributed by atoms with van der Waals surface area (Å²) in [6.45, 7) is 14.5. The van der Waals surface area contributed by atoms with Crippen LogP contribution < -0.4 is 5.32 Å². The van der Waals surface area contributed by atoms with Gasteiger partial charge in [-0.15, -0.1) is 0 Å². The average Bonchev–Trinajstić information content (AvgIpc) is 2.56. The fraction of sp³-hybridized carbons (Fsp3) is 0.550. The fourth-order valence-corrected chi connectivity index (χ4v) is 3.10. The molecular formula is C20H31N3. The van der Waals surface area contributed by atoms with Gasteiger partial charge >= 0.3 is 0 Å². The monoisotopic (exact) mass is 313 g/mol. The maximum atomic E-state index is 4.70. The Balaban J connectivity index is 2.07. The van der Waals surface area contributed by atoms with E-state index < -0.39 is 0 Å². The van der Waals surface area contributed by atoms with Gasteiger partial charge in [0.1, 0.15) is 0 Å². The summed E-state index contributed by atoms with van der Waals surface area (Å²) in [4.78, 5) is 7.19. The first kappa shape index (κ1) is 17.7. The number of para-hydroxylation sites is 1. The highest BCUT2D eigenvalue weighted by Gasteiger charge is 2.11. The first-order chi connectivity index (χ1) is 11.1. The van der Waals surface area contributed by atoms with Gasteiger partial charge in [-0.05, 0) is 64.9 Å². The lowest BCUT2D eigenvalue weighted by molar-refractivity contribution is 0.295. The molecule has 126 valence electrons. The first-order valence-electron chi connectivity index (χ1n) is 8.91. The van der Waals surface area contributed by atoms with Crippen LogP contribution in [0.1, 0.15) is 44.9 Å². The van der Waals surface area contributed by atoms with Crippen molar-refractivity contribution in [1.29, 1.82) is 0 Å². The van der Waals surface area contributed by atoms with Crippen LogP contribution in [-0.2, 0) is 0 Å². The maximum absolute atomic E-state index is 4.70. The van der Waals surface area contributed by atoms with Gasteiger partial charge in [-0.1, -0.05) is 32.0 Å². The second kappa shape index (κ2) is 8.30. The van der Waals surface area contributed by atoms with Crippen molar-refractivity contribution >= 4 is 16.6 Å². The minimum Gasteiger partial charge on any atom is -0.382 e. The molecule has 0 saturated heterocycles. The number of nitrogens with zero attached hydrogens (tertiary/aromatic N) is 2. The summed E-state index contributed by atoms with van der Waals surface area (Å²) in [5.74, 6) is 0. The Labute approximate surface area is 141 Å². The van der Waals surface area contributed by atoms with E-state index in [0.29, 0.717) is 6.04 Å². The number of nitrogens with one attached hydrogen (secondary N) is 1. The maximum Gasteiger partial charge on any atom is 0.0726 e. The van der Waals surface area contributed by atoms with E-state index in [4.69, 9.17) is 4.98 Å². The zero-order valence-corrected chi connectivity index (χ0v) is 15.3. The molecule has 0 spiro atoms. The van der Waals surface area contributed by atoms with E-state index in [0.717, 1.165) is 24.3 Å². The van der Waals surface area contributed by atoms with Crippen molar-refractivity contribution in [2.24, 2.45) is 0 Å². The molecule has 1 aromatic carbocycles. The van der Waals surface area contributed by atoms with Crippen molar-refractivity contribution < 1.29 is 0 Å². The summed E-state index contributed by atoms with van der Waals surface area (Å²) in [5, 5.41) is 4.97. The van der Waals surface area contributed by atoms with Crippen molar-refractivity contribution in [2.75, 3.05) is 25.0 Å². The third-order valence-electron chi connectivity index (χ3n) is 4.78. The standard InChI is InChI=1S/C20H31N3/c1-6-23(7-2)14-10-11-15(3)21-20-16(4)17(5)22-19-13-9-8-12-18(19)20/h8-9,12-13,15H,6-7,10-11,14H2,1-5H3,(H,21,22)/t15-/m0/s1. The van der Waals surface area contributed by atoms with Gasteiger partial charge in [0.05, 0.1) is 5.52 Å². The van der Waals surface area contributed by atoms with Crippen LogP contribution in [0.2, 0.25) is 0 Å². The van der Waals surface area contributed by atoms with Crippen LogP contribution in [0.25, 0.3) is 10.9 Å². The molecule has 2 aromatic rings. The summed E-state index contributed by atoms with van der Waals surface area (Å²) >= 11 is 0. The van der Waals surface area contributed by atoms with Crippen LogP contribution in [-0.4, -0.2) is 35.6 Å². The van der Waals surface area contributed by atoms with Crippen molar-refractivity contribution in [1.82, 2.24) is 9.88 Å². The molecule has 0 aliphatic carbocycles. The second-order valence-corrected chi connectivity index (χ2v) is 6.43. The number of hydrogen-bond acceptors (Lipinski definition) is 3. The van der Waals surface area contributed by atoms with E-state index in [1.54, 1.807) is 0 Å². The molecule has 23 heavy (non-hydrogen) atoms. The minimum absolute atomic E-state index is 0.467. The molecule has 0 saturated carbocycles. The summed E-state index contributed by atoms with van der Waals surface area (Å²) in [6.07, 6.45) is 2.42. The first-order valence-corrected chi connectivity index (χ1v) is 8.91. The van der Waals surface area contributed by atoms with Crippen molar-refractivity contribution in [3.05, 3.63) is 35.5 Å². The number of benzene rings is 1. The number of aryl methyl sites for hydroxylation is 1. The lowest BCUT2D eigenvalue weighted by atomic mass is 10.1. The molecule has 2 rings (SSSR count). The quantitative estimate of drug-likeness (QED) is 0.760. The summed E-state index contributed by atoms with van der Waals surface area (Å²) in [6, 6.07) is 8.88. The molecule has 1 heterocycles. The number of hydrogen-bond donors (Lipinski definition) is 1. The molecule has 1 N–H and O–H groups in total. The van der Waals surface area contributed by atoms with Gasteiger partial charge in [0, 0.05) is 22.8 Å². The number of pyridine rings is 1. The van der Waals surface area contributed by atoms with Crippen molar-refractivity contribution in [2.45, 2.75) is 53.5 Å². The highest BCUT2D eigenvalue weighted by molar-refractivity contribution is 5.93. The molecule has 0 aliphatic rings. The van der Waals surface area contributed by atoms with Crippen molar-refractivity contribution in [3.8, 4) is 0 Å². The number of fused-ring (bicyclic) bond motifs is 1. The van der Waals surface area contributed by atoms with Crippen LogP contribution in [0, 0.1) is 13.8 Å². The number of anilines is 1. The predicted molar refractivity (Wildman–Crippen MR) is 101 cm³/mol. The molecule has 0 bridgehead atoms. The summed E-state index contributed by atoms with van der Waals surface area (Å²) in [5.41, 5.74) is 4.71. The molecule has 3 nitrogen and oxygen atoms in total. The molecular weight excluding hydrogens is 282 g/mol. The van der Waals surface area contributed by atoms with Crippen molar-refractivity contribution in [3.63, 3.8) is 0 Å². The molecule has 0 unspecified atom stereocenters. The average molecular weight is 313 g/mol. The lowest BCUT2D eigenvalue weighted by Crippen LogP contribution is -2.25. The number of aromatic nitrogens is 1. The van der Waals surface area contributed by atoms with E-state index >= 15 is 0 Å². The second-order valence-electron chi connectivity index (χ2n) is 6.43. The minimum atomic E-state index is 0.467. The van der Waals surface area contributed by atoms with Gasteiger partial charge in [0.25, 0.3) is 0 Å². The lowest BCUT2D eigenvalue weighted by Gasteiger charge is -2.22. The zero-order chi connectivity index (χ0) is 16.8. The Hall–Kier alpha value is -1.61. The molecule has 1 aromatic heterocycles. The van der Waals surface area contributed by atoms with E-state index in [-0.39, 0.29) is 0 Å². The van der Waals surface area contributed by atoms with Crippen LogP contribution in [0.4, 0.5) is 5.69 Å². The molecule has 0 fully saturated rings. The zero-order valence-electron chi connectivity index (χ0n) is 15.3. The molecule has 0 radical (unpaired) electrons. The number of rotatable bonds is 8. The van der Waals surface area contributed by atoms with E-state index in [1.807, 2.05) is 0 Å². The van der Waals surface area contributed by atoms with Crippen LogP contribution in [0.15, 0.2) is 24.3 Å². The fourth-order valence-electron chi connectivity index (χ4n) is 3.10. The van der Waals surface area contributed by atoms with Crippen LogP contribution in [0.5, 0.6) is 0 Å². The van der Waals surface area contributed by atoms with E-state index in [9.17, 15) is 0 Å². The molecule has 3 heteroatoms. The van der Waals surface area contributed by atoms with Gasteiger partial charge < -0.3 is 10.2 Å². The summed E-state index contributed by atoms with van der Waals surface area (Å²) < 4.78 is 0. The SMILES string of the molecule is CCN(CC)CCC[C@H](C)Nc1c(C)c(C)nc2ccccc12. The Morgan fingerprint density at radius 3 is 2.52 bits per heavy atom. The summed E-state index contributed by atoms with van der Waals surface area (Å²) in [7, 11) is 0. The largest absolute Gasteiger partial charge is 0.382 e. The third-order valence-corrected chi connectivity index (χ3v) is 4.78. The van der Waals surface area contributed by atoms with Gasteiger partial charge in [0.15, 0.2) is 0 Å². The van der Waals surface area contributed by atoms with Gasteiger partial charge in [-0.3, -0.25) is 4.98 Å². The Morgan fingerprint density at radius 1 is 1.13 bits per heavy atom.